The van der Waals surface area contributed by atoms with Crippen LogP contribution in [0.1, 0.15) is 52.7 Å². The molecule has 0 N–H and O–H groups in total. The second kappa shape index (κ2) is 9.08. The third-order valence-corrected chi connectivity index (χ3v) is 7.93. The summed E-state index contributed by atoms with van der Waals surface area (Å²) in [4.78, 5) is 0.248. The molecule has 30 heavy (non-hydrogen) atoms. The van der Waals surface area contributed by atoms with Gasteiger partial charge >= 0.3 is 10.1 Å². The Morgan fingerprint density at radius 3 is 1.87 bits per heavy atom. The molecule has 0 fully saturated rings. The lowest BCUT2D eigenvalue weighted by molar-refractivity contribution is 0.348. The Kier molecular flexibility index (Phi) is 7.37. The van der Waals surface area contributed by atoms with Crippen molar-refractivity contribution in [2.24, 2.45) is 0 Å². The molecular formula is C22H31NO5S2. The molecule has 0 bridgehead atoms. The van der Waals surface area contributed by atoms with Gasteiger partial charge in [-0.05, 0) is 61.6 Å². The van der Waals surface area contributed by atoms with Crippen LogP contribution in [0.25, 0.3) is 0 Å². The molecule has 0 aliphatic heterocycles. The molecule has 6 nitrogen and oxygen atoms in total. The topological polar surface area (TPSA) is 80.8 Å². The highest BCUT2D eigenvalue weighted by Gasteiger charge is 2.27. The molecule has 0 unspecified atom stereocenters. The van der Waals surface area contributed by atoms with E-state index in [-0.39, 0.29) is 34.4 Å². The van der Waals surface area contributed by atoms with Crippen molar-refractivity contribution in [3.8, 4) is 5.75 Å². The maximum atomic E-state index is 13.3. The molecule has 0 spiro atoms. The summed E-state index contributed by atoms with van der Waals surface area (Å²) >= 11 is 0. The van der Waals surface area contributed by atoms with Gasteiger partial charge in [-0.3, -0.25) is 0 Å². The molecule has 0 atom stereocenters. The van der Waals surface area contributed by atoms with Crippen LogP contribution >= 0.6 is 0 Å². The molecule has 0 aliphatic carbocycles. The van der Waals surface area contributed by atoms with Gasteiger partial charge in [0.15, 0.2) is 0 Å². The van der Waals surface area contributed by atoms with Crippen molar-refractivity contribution in [3.05, 3.63) is 59.7 Å². The first kappa shape index (κ1) is 24.4. The SMILES string of the molecule is CCS(=O)(=O)Oc1ccc(CN(C(C)C)S(=O)(=O)c2ccc(C(C)(C)C)cc2)cc1. The number of hydrogen-bond donors (Lipinski definition) is 0. The van der Waals surface area contributed by atoms with E-state index in [4.69, 9.17) is 4.18 Å². The Hall–Kier alpha value is -1.90. The van der Waals surface area contributed by atoms with Crippen LogP contribution in [-0.4, -0.2) is 32.9 Å². The molecule has 0 aliphatic rings. The van der Waals surface area contributed by atoms with Gasteiger partial charge in [-0.25, -0.2) is 8.42 Å². The summed E-state index contributed by atoms with van der Waals surface area (Å²) in [6.45, 7) is 11.6. The second-order valence-electron chi connectivity index (χ2n) is 8.49. The van der Waals surface area contributed by atoms with Crippen LogP contribution in [0.4, 0.5) is 0 Å². The molecular weight excluding hydrogens is 422 g/mol. The summed E-state index contributed by atoms with van der Waals surface area (Å²) in [5.74, 6) is 0.0830. The summed E-state index contributed by atoms with van der Waals surface area (Å²) in [5, 5.41) is 0. The maximum Gasteiger partial charge on any atom is 0.308 e. The predicted octanol–water partition coefficient (Wildman–Crippen LogP) is 4.31. The summed E-state index contributed by atoms with van der Waals surface area (Å²) in [6, 6.07) is 13.2. The lowest BCUT2D eigenvalue weighted by atomic mass is 9.87. The Balaban J connectivity index is 2.27. The third-order valence-electron chi connectivity index (χ3n) is 4.74. The molecule has 0 saturated heterocycles. The highest BCUT2D eigenvalue weighted by molar-refractivity contribution is 7.89. The second-order valence-corrected chi connectivity index (χ2v) is 12.2. The van der Waals surface area contributed by atoms with E-state index in [9.17, 15) is 16.8 Å². The van der Waals surface area contributed by atoms with Crippen LogP contribution in [0.5, 0.6) is 5.75 Å². The van der Waals surface area contributed by atoms with Crippen molar-refractivity contribution in [2.45, 2.75) is 64.4 Å². The molecule has 0 aromatic heterocycles. The van der Waals surface area contributed by atoms with Crippen LogP contribution in [0, 0.1) is 0 Å². The maximum absolute atomic E-state index is 13.3. The minimum atomic E-state index is -3.70. The molecule has 2 aromatic rings. The van der Waals surface area contributed by atoms with E-state index in [0.717, 1.165) is 11.1 Å². The first-order chi connectivity index (χ1) is 13.8. The van der Waals surface area contributed by atoms with E-state index >= 15 is 0 Å². The van der Waals surface area contributed by atoms with Crippen LogP contribution in [-0.2, 0) is 32.1 Å². The zero-order valence-corrected chi connectivity index (χ0v) is 20.0. The van der Waals surface area contributed by atoms with E-state index in [1.54, 1.807) is 24.3 Å². The highest BCUT2D eigenvalue weighted by Crippen LogP contribution is 2.26. The van der Waals surface area contributed by atoms with Gasteiger partial charge in [-0.15, -0.1) is 0 Å². The average Bonchev–Trinajstić information content (AvgIpc) is 2.66. The Morgan fingerprint density at radius 2 is 1.43 bits per heavy atom. The minimum absolute atomic E-state index is 0.0604. The van der Waals surface area contributed by atoms with E-state index in [1.165, 1.54) is 23.4 Å². The van der Waals surface area contributed by atoms with Gasteiger partial charge in [-0.1, -0.05) is 45.0 Å². The fourth-order valence-corrected chi connectivity index (χ4v) is 4.99. The van der Waals surface area contributed by atoms with Crippen LogP contribution in [0.3, 0.4) is 0 Å². The van der Waals surface area contributed by atoms with Gasteiger partial charge < -0.3 is 4.18 Å². The number of benzene rings is 2. The van der Waals surface area contributed by atoms with Crippen LogP contribution in [0.15, 0.2) is 53.4 Å². The van der Waals surface area contributed by atoms with Crippen LogP contribution in [0.2, 0.25) is 0 Å². The van der Waals surface area contributed by atoms with Gasteiger partial charge in [0, 0.05) is 12.6 Å². The first-order valence-corrected chi connectivity index (χ1v) is 12.9. The van der Waals surface area contributed by atoms with Gasteiger partial charge in [0.1, 0.15) is 5.75 Å². The summed E-state index contributed by atoms with van der Waals surface area (Å²) in [7, 11) is -7.30. The Labute approximate surface area is 181 Å². The zero-order chi connectivity index (χ0) is 22.7. The number of sulfonamides is 1. The predicted molar refractivity (Wildman–Crippen MR) is 120 cm³/mol. The molecule has 0 saturated carbocycles. The van der Waals surface area contributed by atoms with Crippen molar-refractivity contribution in [1.29, 1.82) is 0 Å². The van der Waals surface area contributed by atoms with Gasteiger partial charge in [0.05, 0.1) is 10.6 Å². The number of rotatable bonds is 8. The monoisotopic (exact) mass is 453 g/mol. The zero-order valence-electron chi connectivity index (χ0n) is 18.4. The van der Waals surface area contributed by atoms with E-state index < -0.39 is 20.1 Å². The highest BCUT2D eigenvalue weighted by atomic mass is 32.2. The molecule has 2 aromatic carbocycles. The van der Waals surface area contributed by atoms with E-state index in [2.05, 4.69) is 20.8 Å². The van der Waals surface area contributed by atoms with Gasteiger partial charge in [0.25, 0.3) is 0 Å². The van der Waals surface area contributed by atoms with E-state index in [0.29, 0.717) is 0 Å². The minimum Gasteiger partial charge on any atom is -0.382 e. The Bertz CT molecular complexity index is 1050. The quantitative estimate of drug-likeness (QED) is 0.556. The molecule has 0 radical (unpaired) electrons. The molecule has 0 heterocycles. The number of nitrogens with zero attached hydrogens (tertiary/aromatic N) is 1. The fraction of sp³-hybridized carbons (Fsp3) is 0.455. The van der Waals surface area contributed by atoms with Crippen LogP contribution < -0.4 is 4.18 Å². The molecule has 0 amide bonds. The van der Waals surface area contributed by atoms with Crippen molar-refractivity contribution in [3.63, 3.8) is 0 Å². The van der Waals surface area contributed by atoms with Crippen molar-refractivity contribution in [1.82, 2.24) is 4.31 Å². The van der Waals surface area contributed by atoms with Crippen molar-refractivity contribution >= 4 is 20.1 Å². The smallest absolute Gasteiger partial charge is 0.308 e. The van der Waals surface area contributed by atoms with Gasteiger partial charge in [0.2, 0.25) is 10.0 Å². The summed E-state index contributed by atoms with van der Waals surface area (Å²) in [6.07, 6.45) is 0. The summed E-state index contributed by atoms with van der Waals surface area (Å²) < 4.78 is 56.1. The normalized spacial score (nSPS) is 13.1. The largest absolute Gasteiger partial charge is 0.382 e. The van der Waals surface area contributed by atoms with Gasteiger partial charge in [-0.2, -0.15) is 12.7 Å². The lowest BCUT2D eigenvalue weighted by Crippen LogP contribution is -2.36. The standard InChI is InChI=1S/C22H31NO5S2/c1-7-29(24,25)28-20-12-8-18(9-13-20)16-23(17(2)3)30(26,27)21-14-10-19(11-15-21)22(4,5)6/h8-15,17H,7,16H2,1-6H3. The third kappa shape index (κ3) is 6.06. The fourth-order valence-electron chi connectivity index (χ4n) is 2.84. The lowest BCUT2D eigenvalue weighted by Gasteiger charge is -2.27. The molecule has 166 valence electrons. The molecule has 2 rings (SSSR count). The first-order valence-electron chi connectivity index (χ1n) is 9.90. The van der Waals surface area contributed by atoms with E-state index in [1.807, 2.05) is 26.0 Å². The number of hydrogen-bond acceptors (Lipinski definition) is 5. The molecule has 8 heteroatoms. The summed E-state index contributed by atoms with van der Waals surface area (Å²) in [5.41, 5.74) is 1.74. The average molecular weight is 454 g/mol. The Morgan fingerprint density at radius 1 is 0.900 bits per heavy atom. The van der Waals surface area contributed by atoms with Crippen molar-refractivity contribution in [2.75, 3.05) is 5.75 Å². The van der Waals surface area contributed by atoms with Crippen molar-refractivity contribution < 1.29 is 21.0 Å².